The molecule has 7 heteroatoms. The Kier molecular flexibility index (Phi) is 11.0. The van der Waals surface area contributed by atoms with Crippen molar-refractivity contribution in [3.63, 3.8) is 0 Å². The molecule has 0 aliphatic carbocycles. The van der Waals surface area contributed by atoms with Crippen LogP contribution in [0.5, 0.6) is 11.5 Å². The maximum absolute atomic E-state index is 5.92. The number of halogens is 1. The molecule has 2 heterocycles. The van der Waals surface area contributed by atoms with Crippen LogP contribution in [0.2, 0.25) is 0 Å². The first-order chi connectivity index (χ1) is 22.6. The molecule has 0 saturated carbocycles. The molecular formula is C42H51IO2P2S2. The van der Waals surface area contributed by atoms with Crippen LogP contribution in [0.25, 0.3) is 20.9 Å². The predicted molar refractivity (Wildman–Crippen MR) is 229 cm³/mol. The average molecular weight is 841 g/mol. The van der Waals surface area contributed by atoms with Crippen molar-refractivity contribution in [3.8, 4) is 32.4 Å². The Bertz CT molecular complexity index is 2010. The van der Waals surface area contributed by atoms with Crippen LogP contribution in [0.15, 0.2) is 53.9 Å². The molecule has 0 atom stereocenters. The van der Waals surface area contributed by atoms with Gasteiger partial charge < -0.3 is 9.47 Å². The number of hydrogen-bond donors (Lipinski definition) is 0. The van der Waals surface area contributed by atoms with Gasteiger partial charge in [-0.3, -0.25) is 0 Å². The third-order valence-corrected chi connectivity index (χ3v) is 14.6. The number of ether oxygens (including phenoxy) is 2. The molecule has 0 N–H and O–H groups in total. The van der Waals surface area contributed by atoms with Crippen molar-refractivity contribution in [2.75, 3.05) is 14.2 Å². The van der Waals surface area contributed by atoms with Crippen LogP contribution in [-0.4, -0.2) is 14.2 Å². The second-order valence-electron chi connectivity index (χ2n) is 16.9. The van der Waals surface area contributed by atoms with E-state index in [0.29, 0.717) is 0 Å². The van der Waals surface area contributed by atoms with Gasteiger partial charge in [0.2, 0.25) is 0 Å². The van der Waals surface area contributed by atoms with Crippen molar-refractivity contribution in [1.29, 1.82) is 0 Å². The van der Waals surface area contributed by atoms with Crippen LogP contribution < -0.4 is 20.1 Å². The fraction of sp³-hybridized carbons (Fsp3) is 0.429. The lowest BCUT2D eigenvalue weighted by molar-refractivity contribution is 0.410. The van der Waals surface area contributed by atoms with E-state index in [0.717, 1.165) is 11.5 Å². The van der Waals surface area contributed by atoms with Gasteiger partial charge >= 0.3 is 0 Å². The molecule has 0 bridgehead atoms. The zero-order valence-electron chi connectivity index (χ0n) is 31.6. The van der Waals surface area contributed by atoms with Gasteiger partial charge in [-0.1, -0.05) is 106 Å². The smallest absolute Gasteiger partial charge is 0.119 e. The first kappa shape index (κ1) is 38.5. The molecule has 0 fully saturated rings. The van der Waals surface area contributed by atoms with E-state index in [-0.39, 0.29) is 21.7 Å². The summed E-state index contributed by atoms with van der Waals surface area (Å²) < 4.78 is 13.1. The largest absolute Gasteiger partial charge is 0.497 e. The lowest BCUT2D eigenvalue weighted by Gasteiger charge is -2.30. The molecule has 5 rings (SSSR count). The third kappa shape index (κ3) is 8.02. The lowest BCUT2D eigenvalue weighted by Crippen LogP contribution is -2.28. The Morgan fingerprint density at radius 3 is 1.22 bits per heavy atom. The minimum atomic E-state index is -0.0629. The summed E-state index contributed by atoms with van der Waals surface area (Å²) in [6, 6.07) is 18.2. The number of rotatable bonds is 6. The highest BCUT2D eigenvalue weighted by atomic mass is 127. The second-order valence-corrected chi connectivity index (χ2v) is 23.1. The monoisotopic (exact) mass is 840 g/mol. The number of hydrogen-bond acceptors (Lipinski definition) is 4. The molecule has 5 aromatic rings. The van der Waals surface area contributed by atoms with E-state index in [9.17, 15) is 0 Å². The van der Waals surface area contributed by atoms with Gasteiger partial charge in [-0.2, -0.15) is 0 Å². The standard InChI is InChI=1S/C42H51IO2P2S2/c1-39(2,3)26-20-24(44-13)21-27(40(4,5)6)35(26)46-37-33(30-16-15-19-48-30)34(31-17-18-32(43)49-31)38(37)47-36-28(41(7,8)9)22-25(45-14)23-29(36)42(10,11)12/h15-23H,1-14H3. The van der Waals surface area contributed by atoms with Gasteiger partial charge in [-0.25, -0.2) is 0 Å². The molecule has 0 saturated heterocycles. The van der Waals surface area contributed by atoms with Gasteiger partial charge in [0.05, 0.1) is 17.1 Å². The fourth-order valence-electron chi connectivity index (χ4n) is 6.18. The summed E-state index contributed by atoms with van der Waals surface area (Å²) >= 11 is 6.22. The molecule has 3 aromatic carbocycles. The average Bonchev–Trinajstić information content (AvgIpc) is 3.66. The van der Waals surface area contributed by atoms with Crippen molar-refractivity contribution in [1.82, 2.24) is 0 Å². The molecule has 2 nitrogen and oxygen atoms in total. The normalized spacial score (nSPS) is 13.9. The van der Waals surface area contributed by atoms with Crippen LogP contribution in [-0.2, 0) is 21.7 Å². The Balaban J connectivity index is 2.06. The fourth-order valence-corrected chi connectivity index (χ4v) is 12.7. The highest BCUT2D eigenvalue weighted by Crippen LogP contribution is 2.49. The van der Waals surface area contributed by atoms with Crippen LogP contribution in [0, 0.1) is 12.8 Å². The predicted octanol–water partition coefficient (Wildman–Crippen LogP) is 13.4. The van der Waals surface area contributed by atoms with Gasteiger partial charge in [0.25, 0.3) is 0 Å². The summed E-state index contributed by atoms with van der Waals surface area (Å²) in [7, 11) is 6.06. The third-order valence-electron chi connectivity index (χ3n) is 8.85. The van der Waals surface area contributed by atoms with Crippen molar-refractivity contribution in [2.24, 2.45) is 0 Å². The number of methoxy groups -OCH3 is 2. The Hall–Kier alpha value is -1.75. The second kappa shape index (κ2) is 14.0. The quantitative estimate of drug-likeness (QED) is 0.125. The lowest BCUT2D eigenvalue weighted by atomic mass is 9.80. The van der Waals surface area contributed by atoms with Crippen LogP contribution in [0.1, 0.15) is 105 Å². The summed E-state index contributed by atoms with van der Waals surface area (Å²) in [4.78, 5) is 5.54. The minimum Gasteiger partial charge on any atom is -0.497 e. The summed E-state index contributed by atoms with van der Waals surface area (Å²) in [5.74, 6) is 1.86. The van der Waals surface area contributed by atoms with Crippen molar-refractivity contribution < 1.29 is 9.47 Å². The van der Waals surface area contributed by atoms with Crippen molar-refractivity contribution in [2.45, 2.75) is 105 Å². The Labute approximate surface area is 319 Å². The van der Waals surface area contributed by atoms with Gasteiger partial charge in [0.15, 0.2) is 0 Å². The van der Waals surface area contributed by atoms with Gasteiger partial charge in [-0.15, -0.1) is 22.7 Å². The van der Waals surface area contributed by atoms with Gasteiger partial charge in [-0.05, 0) is 114 Å². The Morgan fingerprint density at radius 2 is 0.939 bits per heavy atom. The highest BCUT2D eigenvalue weighted by Gasteiger charge is 2.30. The molecule has 0 unspecified atom stereocenters. The van der Waals surface area contributed by atoms with E-state index in [2.05, 4.69) is 160 Å². The summed E-state index contributed by atoms with van der Waals surface area (Å²) in [6.07, 6.45) is 0. The van der Waals surface area contributed by atoms with Crippen LogP contribution in [0.4, 0.5) is 0 Å². The van der Waals surface area contributed by atoms with E-state index in [1.807, 2.05) is 22.7 Å². The zero-order chi connectivity index (χ0) is 36.3. The molecule has 0 radical (unpaired) electrons. The first-order valence-corrected chi connectivity index (χ1v) is 21.4. The minimum absolute atomic E-state index is 0.0621. The van der Waals surface area contributed by atoms with Gasteiger partial charge in [0, 0.05) is 41.4 Å². The summed E-state index contributed by atoms with van der Waals surface area (Å²) in [5.41, 5.74) is 7.95. The van der Waals surface area contributed by atoms with E-state index in [1.54, 1.807) is 14.2 Å². The molecular weight excluding hydrogens is 789 g/mol. The number of benzene rings is 2. The highest BCUT2D eigenvalue weighted by molar-refractivity contribution is 14.1. The maximum Gasteiger partial charge on any atom is 0.119 e. The number of thiophene rings is 2. The van der Waals surface area contributed by atoms with E-state index in [4.69, 9.17) is 9.47 Å². The van der Waals surface area contributed by atoms with Gasteiger partial charge in [0.1, 0.15) is 11.5 Å². The van der Waals surface area contributed by atoms with Crippen LogP contribution in [0.3, 0.4) is 0 Å². The van der Waals surface area contributed by atoms with Crippen molar-refractivity contribution in [3.05, 3.63) is 88.9 Å². The van der Waals surface area contributed by atoms with E-state index >= 15 is 0 Å². The molecule has 0 aliphatic heterocycles. The summed E-state index contributed by atoms with van der Waals surface area (Å²) in [6.45, 7) is 28.0. The topological polar surface area (TPSA) is 18.5 Å². The summed E-state index contributed by atoms with van der Waals surface area (Å²) in [5, 5.41) is 5.02. The molecule has 2 aromatic heterocycles. The molecule has 0 spiro atoms. The SMILES string of the molecule is COc1cc(C(C)(C)C)c(P=c2c(-c3cccs3)c(-c3ccc(I)s3)c2=Pc2c(C(C)(C)C)cc(OC)cc2C(C)(C)C)c(C(C)(C)C)c1. The van der Waals surface area contributed by atoms with Crippen LogP contribution >= 0.6 is 61.7 Å². The molecule has 49 heavy (non-hydrogen) atoms. The molecule has 260 valence electrons. The zero-order valence-corrected chi connectivity index (χ0v) is 37.2. The molecule has 0 aliphatic rings. The Morgan fingerprint density at radius 1 is 0.551 bits per heavy atom. The van der Waals surface area contributed by atoms with E-state index < -0.39 is 0 Å². The first-order valence-electron chi connectivity index (χ1n) is 16.8. The van der Waals surface area contributed by atoms with Crippen molar-refractivity contribution >= 4 is 72.3 Å². The van der Waals surface area contributed by atoms with E-state index in [1.165, 1.54) is 82.9 Å². The molecule has 0 amide bonds. The maximum atomic E-state index is 5.92.